The summed E-state index contributed by atoms with van der Waals surface area (Å²) in [5.41, 5.74) is 8.32. The van der Waals surface area contributed by atoms with Gasteiger partial charge in [0, 0.05) is 0 Å². The van der Waals surface area contributed by atoms with Crippen LogP contribution in [0.4, 0.5) is 0 Å². The first-order valence-corrected chi connectivity index (χ1v) is 11.5. The van der Waals surface area contributed by atoms with Crippen molar-refractivity contribution in [3.63, 3.8) is 0 Å². The van der Waals surface area contributed by atoms with E-state index in [-0.39, 0.29) is 16.2 Å². The van der Waals surface area contributed by atoms with Crippen LogP contribution in [0, 0.1) is 5.92 Å². The predicted molar refractivity (Wildman–Crippen MR) is 136 cm³/mol. The standard InChI is InChI=1S/C31H39/c1-29(2,3)25-19-13-10-16-22(25)28(23-17-11-14-20-26(23)30(4,5)6)24-18-12-15-21-27(24)31(7,8)9/h10-21H,1-9H3. The van der Waals surface area contributed by atoms with Gasteiger partial charge in [-0.25, -0.2) is 0 Å². The van der Waals surface area contributed by atoms with Crippen molar-refractivity contribution >= 4 is 0 Å². The summed E-state index contributed by atoms with van der Waals surface area (Å²) in [5.74, 6) is 1.35. The van der Waals surface area contributed by atoms with E-state index in [1.54, 1.807) is 0 Å². The lowest BCUT2D eigenvalue weighted by atomic mass is 9.69. The highest BCUT2D eigenvalue weighted by Gasteiger charge is 2.32. The van der Waals surface area contributed by atoms with Crippen LogP contribution in [0.25, 0.3) is 0 Å². The summed E-state index contributed by atoms with van der Waals surface area (Å²) < 4.78 is 0. The molecule has 1 radical (unpaired) electrons. The average molecular weight is 412 g/mol. The van der Waals surface area contributed by atoms with Gasteiger partial charge in [-0.15, -0.1) is 0 Å². The molecule has 3 rings (SSSR count). The Hall–Kier alpha value is -2.34. The Bertz CT molecular complexity index is 896. The van der Waals surface area contributed by atoms with E-state index < -0.39 is 0 Å². The first-order chi connectivity index (χ1) is 14.3. The minimum atomic E-state index is 0.0508. The molecule has 31 heavy (non-hydrogen) atoms. The molecule has 0 aliphatic carbocycles. The zero-order chi connectivity index (χ0) is 23.0. The van der Waals surface area contributed by atoms with Gasteiger partial charge in [-0.05, 0) is 49.6 Å². The monoisotopic (exact) mass is 411 g/mol. The predicted octanol–water partition coefficient (Wildman–Crippen LogP) is 8.60. The molecule has 3 aromatic carbocycles. The van der Waals surface area contributed by atoms with Crippen molar-refractivity contribution < 1.29 is 0 Å². The third kappa shape index (κ3) is 4.95. The fraction of sp³-hybridized carbons (Fsp3) is 0.387. The van der Waals surface area contributed by atoms with Crippen LogP contribution in [0.5, 0.6) is 0 Å². The molecule has 0 saturated heterocycles. The second kappa shape index (κ2) is 8.30. The van der Waals surface area contributed by atoms with Gasteiger partial charge in [-0.1, -0.05) is 135 Å². The third-order valence-electron chi connectivity index (χ3n) is 6.01. The zero-order valence-electron chi connectivity index (χ0n) is 20.9. The number of benzene rings is 3. The normalized spacial score (nSPS) is 13.0. The van der Waals surface area contributed by atoms with E-state index >= 15 is 0 Å². The first-order valence-electron chi connectivity index (χ1n) is 11.5. The Kier molecular flexibility index (Phi) is 6.25. The van der Waals surface area contributed by atoms with Gasteiger partial charge in [0.1, 0.15) is 0 Å². The van der Waals surface area contributed by atoms with Crippen molar-refractivity contribution in [1.82, 2.24) is 0 Å². The maximum atomic E-state index is 2.31. The molecule has 0 heteroatoms. The summed E-state index contributed by atoms with van der Waals surface area (Å²) in [6.07, 6.45) is 0. The quantitative estimate of drug-likeness (QED) is 0.378. The fourth-order valence-electron chi connectivity index (χ4n) is 4.50. The molecule has 0 bridgehead atoms. The van der Waals surface area contributed by atoms with Crippen molar-refractivity contribution in [2.75, 3.05) is 0 Å². The molecule has 0 aliphatic heterocycles. The molecule has 0 unspecified atom stereocenters. The molecular formula is C31H39. The Morgan fingerprint density at radius 2 is 0.613 bits per heavy atom. The molecule has 0 N–H and O–H groups in total. The highest BCUT2D eigenvalue weighted by molar-refractivity contribution is 5.65. The van der Waals surface area contributed by atoms with Crippen LogP contribution in [0.15, 0.2) is 72.8 Å². The summed E-state index contributed by atoms with van der Waals surface area (Å²) in [7, 11) is 0. The topological polar surface area (TPSA) is 0 Å². The van der Waals surface area contributed by atoms with E-state index in [0.717, 1.165) is 0 Å². The highest BCUT2D eigenvalue weighted by Crippen LogP contribution is 2.43. The van der Waals surface area contributed by atoms with Gasteiger partial charge >= 0.3 is 0 Å². The van der Waals surface area contributed by atoms with Gasteiger partial charge in [0.15, 0.2) is 0 Å². The Morgan fingerprint density at radius 3 is 0.839 bits per heavy atom. The van der Waals surface area contributed by atoms with Gasteiger partial charge in [0.05, 0.1) is 5.92 Å². The molecule has 0 nitrogen and oxygen atoms in total. The van der Waals surface area contributed by atoms with Crippen LogP contribution in [0.3, 0.4) is 0 Å². The Morgan fingerprint density at radius 1 is 0.387 bits per heavy atom. The summed E-state index contributed by atoms with van der Waals surface area (Å²) >= 11 is 0. The van der Waals surface area contributed by atoms with Crippen LogP contribution in [-0.2, 0) is 16.2 Å². The minimum Gasteiger partial charge on any atom is -0.0620 e. The maximum absolute atomic E-state index is 2.31. The van der Waals surface area contributed by atoms with Crippen molar-refractivity contribution in [3.05, 3.63) is 112 Å². The summed E-state index contributed by atoms with van der Waals surface area (Å²) in [5, 5.41) is 0. The third-order valence-corrected chi connectivity index (χ3v) is 6.01. The second-order valence-electron chi connectivity index (χ2n) is 11.8. The molecule has 0 aromatic heterocycles. The number of hydrogen-bond donors (Lipinski definition) is 0. The molecule has 0 fully saturated rings. The molecule has 0 spiro atoms. The molecule has 0 amide bonds. The summed E-state index contributed by atoms with van der Waals surface area (Å²) in [6, 6.07) is 26.9. The lowest BCUT2D eigenvalue weighted by Crippen LogP contribution is -2.24. The first kappa shape index (κ1) is 23.3. The highest BCUT2D eigenvalue weighted by atomic mass is 14.4. The molecular weight excluding hydrogens is 372 g/mol. The van der Waals surface area contributed by atoms with E-state index in [1.165, 1.54) is 39.3 Å². The van der Waals surface area contributed by atoms with E-state index in [4.69, 9.17) is 0 Å². The van der Waals surface area contributed by atoms with E-state index in [9.17, 15) is 0 Å². The molecule has 3 aromatic rings. The fourth-order valence-corrected chi connectivity index (χ4v) is 4.50. The minimum absolute atomic E-state index is 0.0508. The van der Waals surface area contributed by atoms with E-state index in [0.29, 0.717) is 0 Å². The second-order valence-corrected chi connectivity index (χ2v) is 11.8. The van der Waals surface area contributed by atoms with Crippen molar-refractivity contribution in [1.29, 1.82) is 0 Å². The maximum Gasteiger partial charge on any atom is 0.0638 e. The molecule has 0 aliphatic rings. The molecule has 0 atom stereocenters. The largest absolute Gasteiger partial charge is 0.0638 e. The SMILES string of the molecule is CC(C)(C)c1ccccc1[C](c1ccccc1C(C)(C)C)c1ccccc1C(C)(C)C. The summed E-state index contributed by atoms with van der Waals surface area (Å²) in [6.45, 7) is 20.8. The lowest BCUT2D eigenvalue weighted by molar-refractivity contribution is 0.575. The average Bonchev–Trinajstić information content (AvgIpc) is 2.67. The van der Waals surface area contributed by atoms with Gasteiger partial charge < -0.3 is 0 Å². The molecule has 0 heterocycles. The van der Waals surface area contributed by atoms with Gasteiger partial charge in [-0.2, -0.15) is 0 Å². The van der Waals surface area contributed by atoms with Gasteiger partial charge in [0.2, 0.25) is 0 Å². The van der Waals surface area contributed by atoms with Gasteiger partial charge in [-0.3, -0.25) is 0 Å². The number of hydrogen-bond acceptors (Lipinski definition) is 0. The van der Waals surface area contributed by atoms with Crippen LogP contribution in [-0.4, -0.2) is 0 Å². The summed E-state index contributed by atoms with van der Waals surface area (Å²) in [4.78, 5) is 0. The molecule has 163 valence electrons. The van der Waals surface area contributed by atoms with Crippen molar-refractivity contribution in [2.45, 2.75) is 78.6 Å². The zero-order valence-corrected chi connectivity index (χ0v) is 20.9. The Balaban J connectivity index is 2.44. The van der Waals surface area contributed by atoms with Crippen LogP contribution in [0.1, 0.15) is 95.7 Å². The van der Waals surface area contributed by atoms with Crippen LogP contribution >= 0.6 is 0 Å². The van der Waals surface area contributed by atoms with Crippen LogP contribution in [0.2, 0.25) is 0 Å². The smallest absolute Gasteiger partial charge is 0.0620 e. The van der Waals surface area contributed by atoms with Gasteiger partial charge in [0.25, 0.3) is 0 Å². The van der Waals surface area contributed by atoms with Crippen molar-refractivity contribution in [3.8, 4) is 0 Å². The lowest BCUT2D eigenvalue weighted by Gasteiger charge is -2.34. The van der Waals surface area contributed by atoms with Crippen molar-refractivity contribution in [2.24, 2.45) is 0 Å². The van der Waals surface area contributed by atoms with E-state index in [1.807, 2.05) is 0 Å². The number of rotatable bonds is 3. The van der Waals surface area contributed by atoms with E-state index in [2.05, 4.69) is 135 Å². The molecule has 0 saturated carbocycles. The Labute approximate surface area is 190 Å². The van der Waals surface area contributed by atoms with Crippen LogP contribution < -0.4 is 0 Å².